The Balaban J connectivity index is 1.64. The predicted molar refractivity (Wildman–Crippen MR) is 109 cm³/mol. The summed E-state index contributed by atoms with van der Waals surface area (Å²) in [7, 11) is 0. The summed E-state index contributed by atoms with van der Waals surface area (Å²) in [5, 5.41) is 0.984. The number of furan rings is 1. The van der Waals surface area contributed by atoms with Crippen LogP contribution in [0.15, 0.2) is 51.9 Å². The fourth-order valence-corrected chi connectivity index (χ4v) is 4.16. The van der Waals surface area contributed by atoms with Crippen molar-refractivity contribution in [2.75, 3.05) is 0 Å². The first kappa shape index (κ1) is 18.5. The molecule has 146 valence electrons. The number of pyridine rings is 1. The summed E-state index contributed by atoms with van der Waals surface area (Å²) < 4.78 is 5.48. The van der Waals surface area contributed by atoms with Gasteiger partial charge in [0.05, 0.1) is 24.9 Å². The van der Waals surface area contributed by atoms with Crippen LogP contribution in [0.1, 0.15) is 49.0 Å². The second-order valence-electron chi connectivity index (χ2n) is 7.77. The van der Waals surface area contributed by atoms with Gasteiger partial charge >= 0.3 is 0 Å². The number of rotatable bonds is 5. The Labute approximate surface area is 164 Å². The lowest BCUT2D eigenvalue weighted by atomic mass is 9.88. The van der Waals surface area contributed by atoms with Crippen LogP contribution in [0.4, 0.5) is 0 Å². The quantitative estimate of drug-likeness (QED) is 0.709. The molecule has 2 aromatic heterocycles. The molecule has 1 fully saturated rings. The molecule has 4 rings (SSSR count). The van der Waals surface area contributed by atoms with Crippen molar-refractivity contribution in [3.63, 3.8) is 0 Å². The van der Waals surface area contributed by atoms with Crippen LogP contribution >= 0.6 is 0 Å². The zero-order valence-electron chi connectivity index (χ0n) is 16.2. The first-order chi connectivity index (χ1) is 13.6. The van der Waals surface area contributed by atoms with E-state index in [1.54, 1.807) is 11.2 Å². The molecule has 1 N–H and O–H groups in total. The van der Waals surface area contributed by atoms with Crippen molar-refractivity contribution in [2.24, 2.45) is 5.92 Å². The van der Waals surface area contributed by atoms with Gasteiger partial charge in [-0.15, -0.1) is 0 Å². The van der Waals surface area contributed by atoms with Gasteiger partial charge in [-0.1, -0.05) is 37.5 Å². The molecule has 0 radical (unpaired) electrons. The highest BCUT2D eigenvalue weighted by molar-refractivity contribution is 5.82. The molecule has 28 heavy (non-hydrogen) atoms. The number of carbonyl (C=O) groups is 1. The number of para-hydroxylation sites is 1. The summed E-state index contributed by atoms with van der Waals surface area (Å²) in [6, 6.07) is 11.5. The smallest absolute Gasteiger partial charge is 0.253 e. The van der Waals surface area contributed by atoms with E-state index >= 15 is 0 Å². The van der Waals surface area contributed by atoms with Crippen molar-refractivity contribution in [3.05, 3.63) is 69.9 Å². The predicted octanol–water partition coefficient (Wildman–Crippen LogP) is 4.54. The Kier molecular flexibility index (Phi) is 5.33. The first-order valence-electron chi connectivity index (χ1n) is 10.0. The molecule has 0 aliphatic heterocycles. The van der Waals surface area contributed by atoms with Crippen LogP contribution in [-0.2, 0) is 17.9 Å². The zero-order chi connectivity index (χ0) is 19.5. The van der Waals surface area contributed by atoms with Crippen LogP contribution in [0.5, 0.6) is 0 Å². The Morgan fingerprint density at radius 3 is 2.71 bits per heavy atom. The average Bonchev–Trinajstić information content (AvgIpc) is 3.22. The third-order valence-corrected chi connectivity index (χ3v) is 5.72. The first-order valence-corrected chi connectivity index (χ1v) is 10.0. The molecule has 0 atom stereocenters. The summed E-state index contributed by atoms with van der Waals surface area (Å²) in [5.74, 6) is 0.905. The minimum Gasteiger partial charge on any atom is -0.467 e. The molecule has 0 unspecified atom stereocenters. The van der Waals surface area contributed by atoms with Crippen molar-refractivity contribution in [1.82, 2.24) is 9.88 Å². The fourth-order valence-electron chi connectivity index (χ4n) is 4.16. The van der Waals surface area contributed by atoms with Crippen LogP contribution in [0, 0.1) is 12.8 Å². The number of aromatic nitrogens is 1. The SMILES string of the molecule is Cc1cccc2cc(CN(Cc3ccco3)C(=O)C3CCCCC3)c(=O)[nH]c12. The molecule has 0 bridgehead atoms. The summed E-state index contributed by atoms with van der Waals surface area (Å²) in [4.78, 5) is 30.7. The molecular formula is C23H26N2O3. The second kappa shape index (κ2) is 8.05. The van der Waals surface area contributed by atoms with Gasteiger partial charge in [0.15, 0.2) is 0 Å². The number of fused-ring (bicyclic) bond motifs is 1. The zero-order valence-corrected chi connectivity index (χ0v) is 16.2. The molecule has 1 amide bonds. The maximum Gasteiger partial charge on any atom is 0.253 e. The normalized spacial score (nSPS) is 15.0. The molecule has 2 heterocycles. The number of nitrogens with zero attached hydrogens (tertiary/aromatic N) is 1. The van der Waals surface area contributed by atoms with Crippen LogP contribution in [-0.4, -0.2) is 15.8 Å². The minimum atomic E-state index is -0.136. The van der Waals surface area contributed by atoms with Gasteiger partial charge in [-0.3, -0.25) is 9.59 Å². The van der Waals surface area contributed by atoms with E-state index in [9.17, 15) is 9.59 Å². The summed E-state index contributed by atoms with van der Waals surface area (Å²) >= 11 is 0. The maximum absolute atomic E-state index is 13.2. The molecular weight excluding hydrogens is 352 g/mol. The Hall–Kier alpha value is -2.82. The van der Waals surface area contributed by atoms with Gasteiger partial charge < -0.3 is 14.3 Å². The van der Waals surface area contributed by atoms with Gasteiger partial charge in [-0.25, -0.2) is 0 Å². The lowest BCUT2D eigenvalue weighted by Gasteiger charge is -2.29. The number of nitrogens with one attached hydrogen (secondary N) is 1. The van der Waals surface area contributed by atoms with Crippen LogP contribution in [0.25, 0.3) is 10.9 Å². The summed E-state index contributed by atoms with van der Waals surface area (Å²) in [6.07, 6.45) is 6.87. The van der Waals surface area contributed by atoms with Gasteiger partial charge in [-0.2, -0.15) is 0 Å². The molecule has 5 nitrogen and oxygen atoms in total. The monoisotopic (exact) mass is 378 g/mol. The van der Waals surface area contributed by atoms with E-state index in [1.165, 1.54) is 6.42 Å². The van der Waals surface area contributed by atoms with Crippen molar-refractivity contribution < 1.29 is 9.21 Å². The number of aryl methyl sites for hydroxylation is 1. The van der Waals surface area contributed by atoms with Crippen LogP contribution in [0.3, 0.4) is 0 Å². The Morgan fingerprint density at radius 1 is 1.14 bits per heavy atom. The summed E-state index contributed by atoms with van der Waals surface area (Å²) in [6.45, 7) is 2.65. The van der Waals surface area contributed by atoms with E-state index in [4.69, 9.17) is 4.42 Å². The lowest BCUT2D eigenvalue weighted by Crippen LogP contribution is -2.37. The number of hydrogen-bond donors (Lipinski definition) is 1. The third kappa shape index (κ3) is 3.88. The standard InChI is InChI=1S/C23H26N2O3/c1-16-7-5-10-18-13-19(22(26)24-21(16)18)14-25(15-20-11-6-12-28-20)23(27)17-8-3-2-4-9-17/h5-7,10-13,17H,2-4,8-9,14-15H2,1H3,(H,24,26). The fraction of sp³-hybridized carbons (Fsp3) is 0.391. The Bertz CT molecular complexity index is 1010. The lowest BCUT2D eigenvalue weighted by molar-refractivity contribution is -0.138. The van der Waals surface area contributed by atoms with Gasteiger partial charge in [0, 0.05) is 11.5 Å². The Morgan fingerprint density at radius 2 is 1.96 bits per heavy atom. The van der Waals surface area contributed by atoms with Crippen molar-refractivity contribution in [1.29, 1.82) is 0 Å². The highest BCUT2D eigenvalue weighted by Crippen LogP contribution is 2.27. The van der Waals surface area contributed by atoms with Crippen LogP contribution in [0.2, 0.25) is 0 Å². The van der Waals surface area contributed by atoms with Gasteiger partial charge in [0.1, 0.15) is 5.76 Å². The molecule has 3 aromatic rings. The molecule has 0 spiro atoms. The number of carbonyl (C=O) groups excluding carboxylic acids is 1. The van der Waals surface area contributed by atoms with Gasteiger partial charge in [0.25, 0.3) is 5.56 Å². The van der Waals surface area contributed by atoms with Crippen LogP contribution < -0.4 is 5.56 Å². The van der Waals surface area contributed by atoms with Crippen molar-refractivity contribution in [3.8, 4) is 0 Å². The highest BCUT2D eigenvalue weighted by Gasteiger charge is 2.27. The molecule has 1 saturated carbocycles. The topological polar surface area (TPSA) is 66.3 Å². The number of aromatic amines is 1. The molecule has 1 aromatic carbocycles. The maximum atomic E-state index is 13.2. The van der Waals surface area contributed by atoms with E-state index in [1.807, 2.05) is 43.3 Å². The second-order valence-corrected chi connectivity index (χ2v) is 7.77. The minimum absolute atomic E-state index is 0.0468. The van der Waals surface area contributed by atoms with E-state index < -0.39 is 0 Å². The van der Waals surface area contributed by atoms with E-state index in [-0.39, 0.29) is 23.9 Å². The van der Waals surface area contributed by atoms with E-state index in [0.29, 0.717) is 12.1 Å². The van der Waals surface area contributed by atoms with E-state index in [2.05, 4.69) is 4.98 Å². The van der Waals surface area contributed by atoms with E-state index in [0.717, 1.165) is 47.9 Å². The van der Waals surface area contributed by atoms with Crippen molar-refractivity contribution in [2.45, 2.75) is 52.1 Å². The molecule has 1 aliphatic rings. The largest absolute Gasteiger partial charge is 0.467 e. The average molecular weight is 378 g/mol. The summed E-state index contributed by atoms with van der Waals surface area (Å²) in [5.41, 5.74) is 2.36. The third-order valence-electron chi connectivity index (χ3n) is 5.72. The highest BCUT2D eigenvalue weighted by atomic mass is 16.3. The molecule has 5 heteroatoms. The molecule has 1 aliphatic carbocycles. The van der Waals surface area contributed by atoms with Crippen molar-refractivity contribution >= 4 is 16.8 Å². The van der Waals surface area contributed by atoms with Gasteiger partial charge in [0.2, 0.25) is 5.91 Å². The number of hydrogen-bond acceptors (Lipinski definition) is 3. The number of H-pyrrole nitrogens is 1. The number of benzene rings is 1. The molecule has 0 saturated heterocycles. The number of amides is 1. The van der Waals surface area contributed by atoms with Gasteiger partial charge in [-0.05, 0) is 48.9 Å².